The molecule has 0 spiro atoms. The number of nitrogens with zero attached hydrogens (tertiary/aromatic N) is 3. The van der Waals surface area contributed by atoms with Crippen molar-refractivity contribution in [3.8, 4) is 0 Å². The molecule has 0 saturated carbocycles. The van der Waals surface area contributed by atoms with Gasteiger partial charge in [-0.05, 0) is 37.8 Å². The molecule has 1 aliphatic rings. The molecule has 2 aromatic rings. The van der Waals surface area contributed by atoms with Crippen LogP contribution in [0.4, 0.5) is 10.6 Å². The highest BCUT2D eigenvalue weighted by atomic mass is 16.6. The van der Waals surface area contributed by atoms with E-state index in [1.807, 2.05) is 54.5 Å². The van der Waals surface area contributed by atoms with E-state index in [1.54, 1.807) is 0 Å². The summed E-state index contributed by atoms with van der Waals surface area (Å²) in [5, 5.41) is 0. The Labute approximate surface area is 155 Å². The van der Waals surface area contributed by atoms with Crippen molar-refractivity contribution in [1.82, 2.24) is 9.88 Å². The van der Waals surface area contributed by atoms with Gasteiger partial charge in [-0.15, -0.1) is 0 Å². The van der Waals surface area contributed by atoms with Crippen molar-refractivity contribution >= 4 is 11.9 Å². The minimum atomic E-state index is -0.243. The van der Waals surface area contributed by atoms with Gasteiger partial charge in [0.05, 0.1) is 6.04 Å². The third-order valence-corrected chi connectivity index (χ3v) is 4.95. The Balaban J connectivity index is 1.77. The number of aromatic nitrogens is 1. The lowest BCUT2D eigenvalue weighted by Gasteiger charge is -2.36. The summed E-state index contributed by atoms with van der Waals surface area (Å²) in [5.74, 6) is 0.947. The first-order valence-electron chi connectivity index (χ1n) is 9.34. The summed E-state index contributed by atoms with van der Waals surface area (Å²) in [6, 6.07) is 13.9. The quantitative estimate of drug-likeness (QED) is 0.799. The molecule has 26 heavy (non-hydrogen) atoms. The molecule has 138 valence electrons. The lowest BCUT2D eigenvalue weighted by Crippen LogP contribution is -2.39. The number of rotatable bonds is 5. The largest absolute Gasteiger partial charge is 0.445 e. The highest BCUT2D eigenvalue weighted by Gasteiger charge is 2.31. The van der Waals surface area contributed by atoms with Crippen LogP contribution in [0.2, 0.25) is 0 Å². The molecule has 0 N–H and O–H groups in total. The number of anilines is 1. The molecule has 1 saturated heterocycles. The van der Waals surface area contributed by atoms with Gasteiger partial charge in [0.15, 0.2) is 0 Å². The molecule has 1 amide bonds. The monoisotopic (exact) mass is 353 g/mol. The molecular weight excluding hydrogens is 326 g/mol. The van der Waals surface area contributed by atoms with E-state index < -0.39 is 0 Å². The maximum atomic E-state index is 12.8. The smallest absolute Gasteiger partial charge is 0.410 e. The van der Waals surface area contributed by atoms with E-state index in [9.17, 15) is 4.79 Å². The predicted octanol–water partition coefficient (Wildman–Crippen LogP) is 4.40. The second kappa shape index (κ2) is 8.70. The number of hydrogen-bond acceptors (Lipinski definition) is 4. The van der Waals surface area contributed by atoms with Crippen LogP contribution in [0.1, 0.15) is 43.4 Å². The normalized spacial score (nSPS) is 17.0. The molecule has 0 aliphatic carbocycles. The van der Waals surface area contributed by atoms with Crippen molar-refractivity contribution in [2.24, 2.45) is 0 Å². The fourth-order valence-electron chi connectivity index (χ4n) is 3.41. The van der Waals surface area contributed by atoms with E-state index in [0.29, 0.717) is 6.61 Å². The Morgan fingerprint density at radius 2 is 2.04 bits per heavy atom. The lowest BCUT2D eigenvalue weighted by molar-refractivity contribution is 0.0679. The molecule has 1 atom stereocenters. The first-order valence-corrected chi connectivity index (χ1v) is 9.34. The zero-order chi connectivity index (χ0) is 18.4. The number of piperidine rings is 1. The van der Waals surface area contributed by atoms with Gasteiger partial charge in [-0.1, -0.05) is 36.4 Å². The molecule has 1 aliphatic heterocycles. The van der Waals surface area contributed by atoms with Crippen LogP contribution in [0.5, 0.6) is 0 Å². The van der Waals surface area contributed by atoms with Crippen LogP contribution in [0.3, 0.4) is 0 Å². The van der Waals surface area contributed by atoms with Crippen LogP contribution in [0.15, 0.2) is 48.7 Å². The van der Waals surface area contributed by atoms with E-state index in [0.717, 1.165) is 49.3 Å². The molecule has 1 aromatic heterocycles. The average molecular weight is 353 g/mol. The molecule has 1 aromatic carbocycles. The third kappa shape index (κ3) is 4.15. The van der Waals surface area contributed by atoms with E-state index in [1.165, 1.54) is 0 Å². The highest BCUT2D eigenvalue weighted by molar-refractivity contribution is 5.69. The standard InChI is InChI=1S/C21H27N3O2/c1-3-23(2)20-18(12-9-14-22-20)19-13-7-8-15-24(19)21(25)26-16-17-10-5-4-6-11-17/h4-6,9-12,14,19H,3,7-8,13,15-16H2,1-2H3. The Kier molecular flexibility index (Phi) is 6.10. The molecule has 1 unspecified atom stereocenters. The van der Waals surface area contributed by atoms with Gasteiger partial charge in [0.2, 0.25) is 0 Å². The molecule has 2 heterocycles. The van der Waals surface area contributed by atoms with Crippen molar-refractivity contribution in [3.63, 3.8) is 0 Å². The summed E-state index contributed by atoms with van der Waals surface area (Å²) in [7, 11) is 2.03. The number of hydrogen-bond donors (Lipinski definition) is 0. The fourth-order valence-corrected chi connectivity index (χ4v) is 3.41. The summed E-state index contributed by atoms with van der Waals surface area (Å²) in [6.07, 6.45) is 4.63. The van der Waals surface area contributed by atoms with Crippen molar-refractivity contribution < 1.29 is 9.53 Å². The number of carbonyl (C=O) groups is 1. The molecule has 5 heteroatoms. The summed E-state index contributed by atoms with van der Waals surface area (Å²) in [5.41, 5.74) is 2.11. The average Bonchev–Trinajstić information content (AvgIpc) is 2.72. The van der Waals surface area contributed by atoms with E-state index in [-0.39, 0.29) is 12.1 Å². The van der Waals surface area contributed by atoms with Crippen molar-refractivity contribution in [1.29, 1.82) is 0 Å². The second-order valence-electron chi connectivity index (χ2n) is 6.68. The van der Waals surface area contributed by atoms with Gasteiger partial charge in [-0.2, -0.15) is 0 Å². The van der Waals surface area contributed by atoms with Gasteiger partial charge in [0.25, 0.3) is 0 Å². The van der Waals surface area contributed by atoms with E-state index >= 15 is 0 Å². The van der Waals surface area contributed by atoms with Crippen molar-refractivity contribution in [2.45, 2.75) is 38.8 Å². The van der Waals surface area contributed by atoms with E-state index in [2.05, 4.69) is 22.9 Å². The molecule has 1 fully saturated rings. The number of amides is 1. The minimum absolute atomic E-state index is 0.0183. The number of carbonyl (C=O) groups excluding carboxylic acids is 1. The Bertz CT molecular complexity index is 720. The zero-order valence-electron chi connectivity index (χ0n) is 15.6. The number of ether oxygens (including phenoxy) is 1. The van der Waals surface area contributed by atoms with E-state index in [4.69, 9.17) is 4.74 Å². The lowest BCUT2D eigenvalue weighted by atomic mass is 9.95. The first kappa shape index (κ1) is 18.2. The zero-order valence-corrected chi connectivity index (χ0v) is 15.6. The van der Waals surface area contributed by atoms with Gasteiger partial charge in [-0.25, -0.2) is 9.78 Å². The van der Waals surface area contributed by atoms with Crippen molar-refractivity contribution in [2.75, 3.05) is 25.0 Å². The van der Waals surface area contributed by atoms with Crippen LogP contribution < -0.4 is 4.90 Å². The molecule has 0 bridgehead atoms. The van der Waals surface area contributed by atoms with Gasteiger partial charge < -0.3 is 14.5 Å². The van der Waals surface area contributed by atoms with Gasteiger partial charge in [0, 0.05) is 31.9 Å². The number of benzene rings is 1. The van der Waals surface area contributed by atoms with Crippen LogP contribution in [-0.2, 0) is 11.3 Å². The van der Waals surface area contributed by atoms with Crippen LogP contribution in [0, 0.1) is 0 Å². The van der Waals surface area contributed by atoms with Crippen LogP contribution in [-0.4, -0.2) is 36.1 Å². The minimum Gasteiger partial charge on any atom is -0.445 e. The van der Waals surface area contributed by atoms with Crippen molar-refractivity contribution in [3.05, 3.63) is 59.8 Å². The van der Waals surface area contributed by atoms with Crippen LogP contribution >= 0.6 is 0 Å². The summed E-state index contributed by atoms with van der Waals surface area (Å²) in [4.78, 5) is 21.3. The SMILES string of the molecule is CCN(C)c1ncccc1C1CCCCN1C(=O)OCc1ccccc1. The van der Waals surface area contributed by atoms with Gasteiger partial charge >= 0.3 is 6.09 Å². The first-order chi connectivity index (χ1) is 12.7. The molecule has 3 rings (SSSR count). The number of pyridine rings is 1. The molecule has 0 radical (unpaired) electrons. The Morgan fingerprint density at radius 3 is 2.81 bits per heavy atom. The second-order valence-corrected chi connectivity index (χ2v) is 6.68. The maximum Gasteiger partial charge on any atom is 0.410 e. The van der Waals surface area contributed by atoms with Gasteiger partial charge in [-0.3, -0.25) is 0 Å². The maximum absolute atomic E-state index is 12.8. The molecule has 5 nitrogen and oxygen atoms in total. The summed E-state index contributed by atoms with van der Waals surface area (Å²) >= 11 is 0. The highest BCUT2D eigenvalue weighted by Crippen LogP contribution is 2.35. The van der Waals surface area contributed by atoms with Gasteiger partial charge in [0.1, 0.15) is 12.4 Å². The fraction of sp³-hybridized carbons (Fsp3) is 0.429. The Morgan fingerprint density at radius 1 is 1.23 bits per heavy atom. The topological polar surface area (TPSA) is 45.7 Å². The summed E-state index contributed by atoms with van der Waals surface area (Å²) < 4.78 is 5.60. The molecular formula is C21H27N3O2. The predicted molar refractivity (Wildman–Crippen MR) is 103 cm³/mol. The third-order valence-electron chi connectivity index (χ3n) is 4.95. The Hall–Kier alpha value is -2.56. The van der Waals surface area contributed by atoms with Crippen LogP contribution in [0.25, 0.3) is 0 Å². The summed E-state index contributed by atoms with van der Waals surface area (Å²) in [6.45, 7) is 4.00. The number of likely N-dealkylation sites (tertiary alicyclic amines) is 1.